The third kappa shape index (κ3) is 3.33. The summed E-state index contributed by atoms with van der Waals surface area (Å²) in [7, 11) is 0. The number of furan rings is 1. The van der Waals surface area contributed by atoms with Gasteiger partial charge in [0.15, 0.2) is 11.3 Å². The zero-order chi connectivity index (χ0) is 19.1. The van der Waals surface area contributed by atoms with E-state index in [4.69, 9.17) is 13.9 Å². The first-order valence-electron chi connectivity index (χ1n) is 8.27. The highest BCUT2D eigenvalue weighted by atomic mass is 16.4. The van der Waals surface area contributed by atoms with Crippen molar-refractivity contribution in [2.45, 2.75) is 39.5 Å². The third-order valence-electron chi connectivity index (χ3n) is 3.87. The van der Waals surface area contributed by atoms with E-state index in [1.54, 1.807) is 25.1 Å². The Labute approximate surface area is 150 Å². The molecule has 0 radical (unpaired) electrons. The average Bonchev–Trinajstić information content (AvgIpc) is 3.18. The minimum absolute atomic E-state index is 0.000535. The molecule has 2 heterocycles. The Kier molecular flexibility index (Phi) is 4.31. The summed E-state index contributed by atoms with van der Waals surface area (Å²) in [5.41, 5.74) is 1.56. The summed E-state index contributed by atoms with van der Waals surface area (Å²) in [6.07, 6.45) is 0.384. The van der Waals surface area contributed by atoms with Gasteiger partial charge in [-0.15, -0.1) is 0 Å². The Morgan fingerprint density at radius 3 is 2.50 bits per heavy atom. The second-order valence-corrected chi connectivity index (χ2v) is 7.01. The fourth-order valence-corrected chi connectivity index (χ4v) is 2.50. The molecule has 0 aliphatic rings. The Hall–Kier alpha value is -3.09. The van der Waals surface area contributed by atoms with Crippen molar-refractivity contribution in [3.8, 4) is 0 Å². The number of nitrogens with one attached hydrogen (secondary N) is 1. The van der Waals surface area contributed by atoms with Crippen LogP contribution in [-0.4, -0.2) is 22.0 Å². The van der Waals surface area contributed by atoms with Gasteiger partial charge in [-0.1, -0.05) is 27.7 Å². The molecule has 0 fully saturated rings. The van der Waals surface area contributed by atoms with Crippen LogP contribution in [0, 0.1) is 0 Å². The lowest BCUT2D eigenvalue weighted by Gasteiger charge is -2.11. The maximum absolute atomic E-state index is 12.4. The van der Waals surface area contributed by atoms with Gasteiger partial charge >= 0.3 is 5.97 Å². The molecule has 0 aliphatic carbocycles. The number of carbonyl (C=O) groups excluding carboxylic acids is 1. The van der Waals surface area contributed by atoms with E-state index in [0.717, 1.165) is 0 Å². The van der Waals surface area contributed by atoms with Crippen molar-refractivity contribution in [3.05, 3.63) is 47.2 Å². The lowest BCUT2D eigenvalue weighted by atomic mass is 9.97. The van der Waals surface area contributed by atoms with Crippen molar-refractivity contribution < 1.29 is 23.5 Å². The molecule has 3 rings (SSSR count). The van der Waals surface area contributed by atoms with Gasteiger partial charge in [0, 0.05) is 23.6 Å². The summed E-state index contributed by atoms with van der Waals surface area (Å²) in [5.74, 6) is -0.811. The first-order chi connectivity index (χ1) is 12.2. The van der Waals surface area contributed by atoms with Gasteiger partial charge in [-0.3, -0.25) is 4.79 Å². The van der Waals surface area contributed by atoms with Crippen LogP contribution >= 0.6 is 0 Å². The van der Waals surface area contributed by atoms with Crippen LogP contribution in [0.4, 0.5) is 5.69 Å². The number of hydrogen-bond acceptors (Lipinski definition) is 5. The van der Waals surface area contributed by atoms with Crippen LogP contribution in [-0.2, 0) is 11.8 Å². The van der Waals surface area contributed by atoms with Gasteiger partial charge in [-0.25, -0.2) is 9.78 Å². The molecule has 0 atom stereocenters. The number of anilines is 1. The Morgan fingerprint density at radius 1 is 1.19 bits per heavy atom. The molecule has 26 heavy (non-hydrogen) atoms. The number of fused-ring (bicyclic) bond motifs is 1. The number of oxazole rings is 1. The highest BCUT2D eigenvalue weighted by Gasteiger charge is 2.22. The molecule has 0 spiro atoms. The Bertz CT molecular complexity index is 991. The molecule has 1 aromatic carbocycles. The second kappa shape index (κ2) is 6.33. The van der Waals surface area contributed by atoms with E-state index in [1.165, 1.54) is 6.07 Å². The molecular formula is C19H20N2O5. The topological polar surface area (TPSA) is 106 Å². The highest BCUT2D eigenvalue weighted by Crippen LogP contribution is 2.27. The number of carboxylic acids is 1. The van der Waals surface area contributed by atoms with E-state index in [9.17, 15) is 9.59 Å². The van der Waals surface area contributed by atoms with Gasteiger partial charge in [-0.2, -0.15) is 0 Å². The fourth-order valence-electron chi connectivity index (χ4n) is 2.50. The van der Waals surface area contributed by atoms with Crippen molar-refractivity contribution in [2.75, 3.05) is 5.32 Å². The smallest absolute Gasteiger partial charge is 0.339 e. The predicted molar refractivity (Wildman–Crippen MR) is 95.7 cm³/mol. The number of carbonyl (C=O) groups is 2. The summed E-state index contributed by atoms with van der Waals surface area (Å²) in [5, 5.41) is 11.9. The average molecular weight is 356 g/mol. The summed E-state index contributed by atoms with van der Waals surface area (Å²) < 4.78 is 11.1. The van der Waals surface area contributed by atoms with Crippen LogP contribution in [0.5, 0.6) is 0 Å². The molecule has 2 N–H and O–H groups in total. The van der Waals surface area contributed by atoms with Crippen LogP contribution in [0.1, 0.15) is 60.3 Å². The van der Waals surface area contributed by atoms with Crippen LogP contribution in [0.15, 0.2) is 33.1 Å². The fraction of sp³-hybridized carbons (Fsp3) is 0.316. The minimum atomic E-state index is -1.12. The van der Waals surface area contributed by atoms with E-state index >= 15 is 0 Å². The number of carboxylic acid groups (broad SMARTS) is 1. The number of aromatic nitrogens is 1. The Morgan fingerprint density at radius 2 is 1.92 bits per heavy atom. The standard InChI is InChI=1S/C19H20N2O5/c1-5-13-11(17(23)24)9-15(25-13)16(22)20-10-6-7-14-12(8-10)21-18(26-14)19(2,3)4/h6-9H,5H2,1-4H3,(H,20,22)(H,23,24). The summed E-state index contributed by atoms with van der Waals surface area (Å²) >= 11 is 0. The normalized spacial score (nSPS) is 11.7. The van der Waals surface area contributed by atoms with Crippen LogP contribution in [0.2, 0.25) is 0 Å². The number of rotatable bonds is 4. The van der Waals surface area contributed by atoms with E-state index in [-0.39, 0.29) is 22.5 Å². The SMILES string of the molecule is CCc1oc(C(=O)Nc2ccc3oc(C(C)(C)C)nc3c2)cc1C(=O)O. The number of aromatic carboxylic acids is 1. The van der Waals surface area contributed by atoms with E-state index in [1.807, 2.05) is 20.8 Å². The van der Waals surface area contributed by atoms with Gasteiger partial charge in [0.25, 0.3) is 5.91 Å². The second-order valence-electron chi connectivity index (χ2n) is 7.01. The van der Waals surface area contributed by atoms with E-state index in [2.05, 4.69) is 10.3 Å². The molecular weight excluding hydrogens is 336 g/mol. The number of benzene rings is 1. The predicted octanol–water partition coefficient (Wildman–Crippen LogP) is 4.23. The molecule has 0 bridgehead atoms. The van der Waals surface area contributed by atoms with E-state index < -0.39 is 11.9 Å². The Balaban J connectivity index is 1.86. The van der Waals surface area contributed by atoms with Crippen molar-refractivity contribution >= 4 is 28.7 Å². The van der Waals surface area contributed by atoms with Crippen LogP contribution < -0.4 is 5.32 Å². The van der Waals surface area contributed by atoms with Crippen LogP contribution in [0.25, 0.3) is 11.1 Å². The lowest BCUT2D eigenvalue weighted by molar-refractivity contribution is 0.0694. The number of aryl methyl sites for hydroxylation is 1. The third-order valence-corrected chi connectivity index (χ3v) is 3.87. The minimum Gasteiger partial charge on any atom is -0.478 e. The van der Waals surface area contributed by atoms with Crippen molar-refractivity contribution in [1.82, 2.24) is 4.98 Å². The van der Waals surface area contributed by atoms with E-state index in [0.29, 0.717) is 29.1 Å². The molecule has 3 aromatic rings. The lowest BCUT2D eigenvalue weighted by Crippen LogP contribution is -2.11. The van der Waals surface area contributed by atoms with Gasteiger partial charge in [0.2, 0.25) is 5.89 Å². The zero-order valence-corrected chi connectivity index (χ0v) is 15.0. The molecule has 1 amide bonds. The van der Waals surface area contributed by atoms with Crippen molar-refractivity contribution in [3.63, 3.8) is 0 Å². The highest BCUT2D eigenvalue weighted by molar-refractivity contribution is 6.04. The maximum Gasteiger partial charge on any atom is 0.339 e. The largest absolute Gasteiger partial charge is 0.478 e. The number of amides is 1. The number of nitrogens with zero attached hydrogens (tertiary/aromatic N) is 1. The molecule has 0 saturated carbocycles. The molecule has 0 unspecified atom stereocenters. The monoisotopic (exact) mass is 356 g/mol. The van der Waals surface area contributed by atoms with Crippen molar-refractivity contribution in [1.29, 1.82) is 0 Å². The first-order valence-corrected chi connectivity index (χ1v) is 8.27. The van der Waals surface area contributed by atoms with Gasteiger partial charge in [0.05, 0.1) is 0 Å². The van der Waals surface area contributed by atoms with Gasteiger partial charge in [-0.05, 0) is 18.2 Å². The molecule has 7 nitrogen and oxygen atoms in total. The number of hydrogen-bond donors (Lipinski definition) is 2. The molecule has 0 aliphatic heterocycles. The molecule has 2 aromatic heterocycles. The molecule has 136 valence electrons. The van der Waals surface area contributed by atoms with Gasteiger partial charge < -0.3 is 19.3 Å². The summed E-state index contributed by atoms with van der Waals surface area (Å²) in [6.45, 7) is 7.77. The maximum atomic E-state index is 12.4. The summed E-state index contributed by atoms with van der Waals surface area (Å²) in [4.78, 5) is 28.0. The first kappa shape index (κ1) is 17.7. The summed E-state index contributed by atoms with van der Waals surface area (Å²) in [6, 6.07) is 6.37. The van der Waals surface area contributed by atoms with Crippen LogP contribution in [0.3, 0.4) is 0 Å². The zero-order valence-electron chi connectivity index (χ0n) is 15.0. The molecule has 0 saturated heterocycles. The quantitative estimate of drug-likeness (QED) is 0.724. The van der Waals surface area contributed by atoms with Crippen molar-refractivity contribution in [2.24, 2.45) is 0 Å². The molecule has 7 heteroatoms. The van der Waals surface area contributed by atoms with Gasteiger partial charge in [0.1, 0.15) is 16.8 Å².